The standard InChI is InChI=1S/C12H14INO2/c1-2-12(16)7-14(8-12)11(15)9-5-3-4-6-10(9)13/h3-6,16H,2,7-8H2,1H3. The van der Waals surface area contributed by atoms with Crippen LogP contribution in [0, 0.1) is 3.57 Å². The molecule has 0 atom stereocenters. The number of hydrogen-bond acceptors (Lipinski definition) is 2. The molecular weight excluding hydrogens is 317 g/mol. The molecule has 0 unspecified atom stereocenters. The molecule has 0 aromatic heterocycles. The number of amides is 1. The maximum Gasteiger partial charge on any atom is 0.255 e. The highest BCUT2D eigenvalue weighted by atomic mass is 127. The van der Waals surface area contributed by atoms with Gasteiger partial charge in [-0.05, 0) is 41.1 Å². The fraction of sp³-hybridized carbons (Fsp3) is 0.417. The zero-order valence-electron chi connectivity index (χ0n) is 9.11. The highest BCUT2D eigenvalue weighted by molar-refractivity contribution is 14.1. The zero-order chi connectivity index (χ0) is 11.8. The second kappa shape index (κ2) is 4.33. The maximum atomic E-state index is 12.1. The van der Waals surface area contributed by atoms with E-state index in [1.165, 1.54) is 0 Å². The minimum absolute atomic E-state index is 0.0168. The van der Waals surface area contributed by atoms with Gasteiger partial charge in [-0.3, -0.25) is 4.79 Å². The van der Waals surface area contributed by atoms with Crippen LogP contribution in [0.4, 0.5) is 0 Å². The Labute approximate surface area is 109 Å². The Hall–Kier alpha value is -0.620. The summed E-state index contributed by atoms with van der Waals surface area (Å²) in [4.78, 5) is 13.8. The third kappa shape index (κ3) is 2.08. The fourth-order valence-corrected chi connectivity index (χ4v) is 2.45. The van der Waals surface area contributed by atoms with E-state index in [1.54, 1.807) is 4.90 Å². The number of β-amino-alcohol motifs (C(OH)–C–C–N with tert-alkyl or cyclic N) is 1. The number of halogens is 1. The smallest absolute Gasteiger partial charge is 0.255 e. The van der Waals surface area contributed by atoms with Crippen molar-refractivity contribution < 1.29 is 9.90 Å². The van der Waals surface area contributed by atoms with E-state index in [4.69, 9.17) is 0 Å². The summed E-state index contributed by atoms with van der Waals surface area (Å²) in [5.74, 6) is 0.0168. The third-order valence-corrected chi connectivity index (χ3v) is 3.96. The lowest BCUT2D eigenvalue weighted by Gasteiger charge is -2.46. The van der Waals surface area contributed by atoms with E-state index in [1.807, 2.05) is 31.2 Å². The topological polar surface area (TPSA) is 40.5 Å². The predicted molar refractivity (Wildman–Crippen MR) is 70.3 cm³/mol. The molecule has 1 N–H and O–H groups in total. The molecule has 1 aliphatic rings. The molecule has 1 aromatic rings. The first-order chi connectivity index (χ1) is 7.56. The van der Waals surface area contributed by atoms with Gasteiger partial charge in [0.25, 0.3) is 5.91 Å². The minimum atomic E-state index is -0.657. The first-order valence-corrected chi connectivity index (χ1v) is 6.40. The first-order valence-electron chi connectivity index (χ1n) is 5.32. The summed E-state index contributed by atoms with van der Waals surface area (Å²) in [6.45, 7) is 2.84. The molecule has 3 nitrogen and oxygen atoms in total. The number of carbonyl (C=O) groups is 1. The lowest BCUT2D eigenvalue weighted by Crippen LogP contribution is -2.63. The largest absolute Gasteiger partial charge is 0.386 e. The van der Waals surface area contributed by atoms with Crippen molar-refractivity contribution in [3.63, 3.8) is 0 Å². The fourth-order valence-electron chi connectivity index (χ4n) is 1.84. The van der Waals surface area contributed by atoms with Crippen LogP contribution in [0.15, 0.2) is 24.3 Å². The first kappa shape index (κ1) is 11.9. The van der Waals surface area contributed by atoms with E-state index < -0.39 is 5.60 Å². The molecule has 2 rings (SSSR count). The number of likely N-dealkylation sites (tertiary alicyclic amines) is 1. The van der Waals surface area contributed by atoms with Crippen LogP contribution in [0.3, 0.4) is 0 Å². The Bertz CT molecular complexity index is 413. The second-order valence-electron chi connectivity index (χ2n) is 4.22. The number of carbonyl (C=O) groups excluding carboxylic acids is 1. The van der Waals surface area contributed by atoms with Gasteiger partial charge in [-0.2, -0.15) is 0 Å². The number of hydrogen-bond donors (Lipinski definition) is 1. The minimum Gasteiger partial charge on any atom is -0.386 e. The van der Waals surface area contributed by atoms with Crippen LogP contribution in [0.5, 0.6) is 0 Å². The summed E-state index contributed by atoms with van der Waals surface area (Å²) in [7, 11) is 0. The van der Waals surface area contributed by atoms with E-state index in [0.29, 0.717) is 19.5 Å². The molecule has 0 spiro atoms. The molecule has 0 aliphatic carbocycles. The van der Waals surface area contributed by atoms with Crippen LogP contribution in [0.25, 0.3) is 0 Å². The van der Waals surface area contributed by atoms with Gasteiger partial charge in [-0.15, -0.1) is 0 Å². The average Bonchev–Trinajstić information content (AvgIpc) is 2.24. The molecule has 0 saturated carbocycles. The summed E-state index contributed by atoms with van der Waals surface area (Å²) in [5, 5.41) is 9.86. The lowest BCUT2D eigenvalue weighted by molar-refractivity contribution is -0.0826. The van der Waals surface area contributed by atoms with Crippen molar-refractivity contribution in [3.05, 3.63) is 33.4 Å². The van der Waals surface area contributed by atoms with Gasteiger partial charge >= 0.3 is 0 Å². The molecular formula is C12H14INO2. The third-order valence-electron chi connectivity index (χ3n) is 3.02. The quantitative estimate of drug-likeness (QED) is 0.841. The number of nitrogens with zero attached hydrogens (tertiary/aromatic N) is 1. The van der Waals surface area contributed by atoms with Crippen molar-refractivity contribution in [2.75, 3.05) is 13.1 Å². The molecule has 4 heteroatoms. The highest BCUT2D eigenvalue weighted by Crippen LogP contribution is 2.26. The Kier molecular flexibility index (Phi) is 3.21. The summed E-state index contributed by atoms with van der Waals surface area (Å²) < 4.78 is 0.956. The van der Waals surface area contributed by atoms with Crippen LogP contribution < -0.4 is 0 Å². The molecule has 1 aliphatic heterocycles. The Balaban J connectivity index is 2.09. The van der Waals surface area contributed by atoms with Gasteiger partial charge in [0.2, 0.25) is 0 Å². The Morgan fingerprint density at radius 1 is 1.50 bits per heavy atom. The molecule has 1 amide bonds. The van der Waals surface area contributed by atoms with Gasteiger partial charge in [-0.25, -0.2) is 0 Å². The Morgan fingerprint density at radius 2 is 2.12 bits per heavy atom. The molecule has 1 aromatic carbocycles. The van der Waals surface area contributed by atoms with Crippen molar-refractivity contribution in [1.82, 2.24) is 4.90 Å². The monoisotopic (exact) mass is 331 g/mol. The van der Waals surface area contributed by atoms with E-state index in [-0.39, 0.29) is 5.91 Å². The number of rotatable bonds is 2. The van der Waals surface area contributed by atoms with Gasteiger partial charge in [-0.1, -0.05) is 19.1 Å². The van der Waals surface area contributed by atoms with Gasteiger partial charge in [0.15, 0.2) is 0 Å². The second-order valence-corrected chi connectivity index (χ2v) is 5.38. The summed E-state index contributed by atoms with van der Waals surface area (Å²) >= 11 is 2.16. The predicted octanol–water partition coefficient (Wildman–Crippen LogP) is 1.89. The van der Waals surface area contributed by atoms with Crippen LogP contribution in [-0.4, -0.2) is 34.6 Å². The molecule has 86 valence electrons. The molecule has 16 heavy (non-hydrogen) atoms. The highest BCUT2D eigenvalue weighted by Gasteiger charge is 2.42. The van der Waals surface area contributed by atoms with Crippen LogP contribution in [-0.2, 0) is 0 Å². The van der Waals surface area contributed by atoms with Gasteiger partial charge in [0, 0.05) is 3.57 Å². The van der Waals surface area contributed by atoms with Crippen molar-refractivity contribution >= 4 is 28.5 Å². The van der Waals surface area contributed by atoms with Gasteiger partial charge in [0.1, 0.15) is 0 Å². The van der Waals surface area contributed by atoms with Gasteiger partial charge in [0.05, 0.1) is 24.3 Å². The van der Waals surface area contributed by atoms with E-state index in [9.17, 15) is 9.90 Å². The molecule has 1 saturated heterocycles. The lowest BCUT2D eigenvalue weighted by atomic mass is 9.91. The van der Waals surface area contributed by atoms with E-state index in [2.05, 4.69) is 22.6 Å². The van der Waals surface area contributed by atoms with Crippen molar-refractivity contribution in [3.8, 4) is 0 Å². The van der Waals surface area contributed by atoms with Crippen LogP contribution in [0.1, 0.15) is 23.7 Å². The number of aliphatic hydroxyl groups is 1. The SMILES string of the molecule is CCC1(O)CN(C(=O)c2ccccc2I)C1. The summed E-state index contributed by atoms with van der Waals surface area (Å²) in [6.07, 6.45) is 0.697. The zero-order valence-corrected chi connectivity index (χ0v) is 11.3. The van der Waals surface area contributed by atoms with E-state index >= 15 is 0 Å². The van der Waals surface area contributed by atoms with Crippen molar-refractivity contribution in [2.45, 2.75) is 18.9 Å². The summed E-state index contributed by atoms with van der Waals surface area (Å²) in [5.41, 5.74) is 0.0665. The Morgan fingerprint density at radius 3 is 2.69 bits per heavy atom. The number of benzene rings is 1. The van der Waals surface area contributed by atoms with E-state index in [0.717, 1.165) is 9.13 Å². The molecule has 1 heterocycles. The molecule has 0 radical (unpaired) electrons. The maximum absolute atomic E-state index is 12.1. The van der Waals surface area contributed by atoms with Crippen LogP contribution in [0.2, 0.25) is 0 Å². The van der Waals surface area contributed by atoms with Crippen molar-refractivity contribution in [2.24, 2.45) is 0 Å². The summed E-state index contributed by atoms with van der Waals surface area (Å²) in [6, 6.07) is 7.52. The van der Waals surface area contributed by atoms with Crippen LogP contribution >= 0.6 is 22.6 Å². The normalized spacial score (nSPS) is 18.1. The molecule has 0 bridgehead atoms. The van der Waals surface area contributed by atoms with Crippen molar-refractivity contribution in [1.29, 1.82) is 0 Å². The van der Waals surface area contributed by atoms with Gasteiger partial charge < -0.3 is 10.0 Å². The molecule has 1 fully saturated rings. The average molecular weight is 331 g/mol.